The Morgan fingerprint density at radius 1 is 1.03 bits per heavy atom. The predicted octanol–water partition coefficient (Wildman–Crippen LogP) is 5.45. The summed E-state index contributed by atoms with van der Waals surface area (Å²) >= 11 is 0. The summed E-state index contributed by atoms with van der Waals surface area (Å²) in [5.41, 5.74) is 0.814. The van der Waals surface area contributed by atoms with E-state index in [1.165, 1.54) is 12.1 Å². The number of benzene rings is 3. The number of hydrogen-bond donors (Lipinski definition) is 1. The molecule has 0 bridgehead atoms. The van der Waals surface area contributed by atoms with Crippen LogP contribution in [0.15, 0.2) is 60.7 Å². The maximum Gasteiger partial charge on any atom is 0.235 e. The first-order chi connectivity index (χ1) is 14.6. The fourth-order valence-electron chi connectivity index (χ4n) is 4.10. The van der Waals surface area contributed by atoms with Gasteiger partial charge in [0.2, 0.25) is 5.91 Å². The Labute approximate surface area is 176 Å². The molecule has 0 spiro atoms. The topological polar surface area (TPSA) is 47.6 Å². The first-order valence-corrected chi connectivity index (χ1v) is 10.4. The van der Waals surface area contributed by atoms with E-state index >= 15 is 0 Å². The Morgan fingerprint density at radius 3 is 2.43 bits per heavy atom. The Morgan fingerprint density at radius 2 is 1.73 bits per heavy atom. The molecule has 4 rings (SSSR count). The summed E-state index contributed by atoms with van der Waals surface area (Å²) in [6.45, 7) is 3.70. The molecule has 0 aliphatic carbocycles. The van der Waals surface area contributed by atoms with Crippen LogP contribution < -0.4 is 10.1 Å². The highest BCUT2D eigenvalue weighted by Crippen LogP contribution is 2.38. The zero-order valence-corrected chi connectivity index (χ0v) is 17.1. The second-order valence-corrected chi connectivity index (χ2v) is 7.66. The smallest absolute Gasteiger partial charge is 0.235 e. The van der Waals surface area contributed by atoms with Gasteiger partial charge in [0, 0.05) is 29.7 Å². The van der Waals surface area contributed by atoms with Crippen molar-refractivity contribution in [1.82, 2.24) is 0 Å². The van der Waals surface area contributed by atoms with Crippen LogP contribution in [0.4, 0.5) is 10.1 Å². The van der Waals surface area contributed by atoms with E-state index in [0.29, 0.717) is 32.7 Å². The maximum atomic E-state index is 13.6. The standard InChI is InChI=1S/C25H26FNO3/c1-2-15-30-23-12-11-22(20-5-3-4-6-21(20)23)27-24(28)25(13-16-29-17-14-25)18-7-9-19(26)10-8-18/h3-12H,2,13-17H2,1H3,(H,27,28). The normalized spacial score (nSPS) is 15.7. The van der Waals surface area contributed by atoms with Gasteiger partial charge in [-0.3, -0.25) is 4.79 Å². The van der Waals surface area contributed by atoms with Crippen molar-refractivity contribution in [3.05, 3.63) is 72.0 Å². The minimum absolute atomic E-state index is 0.0928. The number of amides is 1. The van der Waals surface area contributed by atoms with E-state index in [4.69, 9.17) is 9.47 Å². The minimum atomic E-state index is -0.746. The number of carbonyl (C=O) groups is 1. The van der Waals surface area contributed by atoms with Crippen molar-refractivity contribution >= 4 is 22.4 Å². The first-order valence-electron chi connectivity index (χ1n) is 10.4. The highest BCUT2D eigenvalue weighted by atomic mass is 19.1. The lowest BCUT2D eigenvalue weighted by Gasteiger charge is -2.36. The molecule has 1 heterocycles. The van der Waals surface area contributed by atoms with E-state index < -0.39 is 5.41 Å². The van der Waals surface area contributed by atoms with Crippen LogP contribution in [0.5, 0.6) is 5.75 Å². The summed E-state index contributed by atoms with van der Waals surface area (Å²) in [7, 11) is 0. The molecular weight excluding hydrogens is 381 g/mol. The molecule has 0 unspecified atom stereocenters. The van der Waals surface area contributed by atoms with Crippen molar-refractivity contribution in [2.24, 2.45) is 0 Å². The Balaban J connectivity index is 1.69. The fourth-order valence-corrected chi connectivity index (χ4v) is 4.10. The number of anilines is 1. The number of halogens is 1. The lowest BCUT2D eigenvalue weighted by molar-refractivity contribution is -0.125. The zero-order valence-electron chi connectivity index (χ0n) is 17.1. The van der Waals surface area contributed by atoms with Gasteiger partial charge >= 0.3 is 0 Å². The van der Waals surface area contributed by atoms with E-state index in [1.807, 2.05) is 36.4 Å². The van der Waals surface area contributed by atoms with Gasteiger partial charge in [-0.25, -0.2) is 4.39 Å². The van der Waals surface area contributed by atoms with Crippen molar-refractivity contribution in [2.75, 3.05) is 25.1 Å². The highest BCUT2D eigenvalue weighted by Gasteiger charge is 2.42. The Hall–Kier alpha value is -2.92. The number of hydrogen-bond acceptors (Lipinski definition) is 3. The van der Waals surface area contributed by atoms with Gasteiger partial charge in [-0.2, -0.15) is 0 Å². The lowest BCUT2D eigenvalue weighted by atomic mass is 9.73. The average Bonchev–Trinajstić information content (AvgIpc) is 2.79. The highest BCUT2D eigenvalue weighted by molar-refractivity contribution is 6.07. The molecule has 30 heavy (non-hydrogen) atoms. The molecule has 0 radical (unpaired) electrons. The Kier molecular flexibility index (Phi) is 6.00. The van der Waals surface area contributed by atoms with Crippen LogP contribution in [0.25, 0.3) is 10.8 Å². The third-order valence-electron chi connectivity index (χ3n) is 5.77. The molecule has 1 saturated heterocycles. The van der Waals surface area contributed by atoms with Crippen LogP contribution in [0.3, 0.4) is 0 Å². The van der Waals surface area contributed by atoms with Crippen molar-refractivity contribution in [3.8, 4) is 5.75 Å². The lowest BCUT2D eigenvalue weighted by Crippen LogP contribution is -2.44. The minimum Gasteiger partial charge on any atom is -0.493 e. The summed E-state index contributed by atoms with van der Waals surface area (Å²) in [5.74, 6) is 0.407. The third kappa shape index (κ3) is 3.90. The van der Waals surface area contributed by atoms with Gasteiger partial charge in [0.1, 0.15) is 11.6 Å². The van der Waals surface area contributed by atoms with Gasteiger partial charge in [-0.1, -0.05) is 43.3 Å². The maximum absolute atomic E-state index is 13.6. The van der Waals surface area contributed by atoms with E-state index in [2.05, 4.69) is 12.2 Å². The molecule has 0 aromatic heterocycles. The SMILES string of the molecule is CCCOc1ccc(NC(=O)C2(c3ccc(F)cc3)CCOCC2)c2ccccc12. The van der Waals surface area contributed by atoms with Crippen LogP contribution in [-0.2, 0) is 14.9 Å². The summed E-state index contributed by atoms with van der Waals surface area (Å²) in [6, 6.07) is 17.9. The molecule has 4 nitrogen and oxygen atoms in total. The van der Waals surface area contributed by atoms with Crippen molar-refractivity contribution < 1.29 is 18.7 Å². The van der Waals surface area contributed by atoms with Gasteiger partial charge in [0.25, 0.3) is 0 Å². The molecule has 1 amide bonds. The molecule has 0 atom stereocenters. The average molecular weight is 407 g/mol. The quantitative estimate of drug-likeness (QED) is 0.591. The molecule has 3 aromatic carbocycles. The monoisotopic (exact) mass is 407 g/mol. The number of ether oxygens (including phenoxy) is 2. The second-order valence-electron chi connectivity index (χ2n) is 7.66. The fraction of sp³-hybridized carbons (Fsp3) is 0.320. The largest absolute Gasteiger partial charge is 0.493 e. The van der Waals surface area contributed by atoms with E-state index in [0.717, 1.165) is 34.2 Å². The number of rotatable bonds is 6. The summed E-state index contributed by atoms with van der Waals surface area (Å²) in [5, 5.41) is 5.04. The van der Waals surface area contributed by atoms with Gasteiger partial charge in [0.15, 0.2) is 0 Å². The third-order valence-corrected chi connectivity index (χ3v) is 5.77. The van der Waals surface area contributed by atoms with E-state index in [9.17, 15) is 9.18 Å². The number of nitrogens with one attached hydrogen (secondary N) is 1. The van der Waals surface area contributed by atoms with Crippen LogP contribution in [0.1, 0.15) is 31.7 Å². The van der Waals surface area contributed by atoms with Gasteiger partial charge in [-0.05, 0) is 49.1 Å². The molecule has 3 aromatic rings. The molecule has 5 heteroatoms. The van der Waals surface area contributed by atoms with Crippen LogP contribution in [-0.4, -0.2) is 25.7 Å². The molecule has 0 saturated carbocycles. The molecular formula is C25H26FNO3. The van der Waals surface area contributed by atoms with Gasteiger partial charge in [-0.15, -0.1) is 0 Å². The van der Waals surface area contributed by atoms with Gasteiger partial charge in [0.05, 0.1) is 12.0 Å². The van der Waals surface area contributed by atoms with Crippen molar-refractivity contribution in [1.29, 1.82) is 0 Å². The number of fused-ring (bicyclic) bond motifs is 1. The zero-order chi connectivity index (χ0) is 21.0. The van der Waals surface area contributed by atoms with Crippen molar-refractivity contribution in [2.45, 2.75) is 31.6 Å². The van der Waals surface area contributed by atoms with Crippen LogP contribution >= 0.6 is 0 Å². The molecule has 156 valence electrons. The second kappa shape index (κ2) is 8.84. The van der Waals surface area contributed by atoms with Gasteiger partial charge < -0.3 is 14.8 Å². The number of carbonyl (C=O) groups excluding carboxylic acids is 1. The predicted molar refractivity (Wildman–Crippen MR) is 116 cm³/mol. The first kappa shape index (κ1) is 20.4. The molecule has 1 aliphatic rings. The summed E-state index contributed by atoms with van der Waals surface area (Å²) < 4.78 is 24.9. The molecule has 1 fully saturated rings. The summed E-state index contributed by atoms with van der Waals surface area (Å²) in [4.78, 5) is 13.6. The molecule has 1 aliphatic heterocycles. The van der Waals surface area contributed by atoms with Crippen LogP contribution in [0, 0.1) is 5.82 Å². The van der Waals surface area contributed by atoms with Crippen molar-refractivity contribution in [3.63, 3.8) is 0 Å². The molecule has 1 N–H and O–H groups in total. The van der Waals surface area contributed by atoms with E-state index in [1.54, 1.807) is 12.1 Å². The van der Waals surface area contributed by atoms with E-state index in [-0.39, 0.29) is 11.7 Å². The Bertz CT molecular complexity index is 1030. The summed E-state index contributed by atoms with van der Waals surface area (Å²) in [6.07, 6.45) is 2.04. The van der Waals surface area contributed by atoms with Crippen LogP contribution in [0.2, 0.25) is 0 Å².